The minimum absolute atomic E-state index is 0.0317. The van der Waals surface area contributed by atoms with Crippen molar-refractivity contribution < 1.29 is 18.4 Å². The van der Waals surface area contributed by atoms with Crippen molar-refractivity contribution >= 4 is 17.5 Å². The van der Waals surface area contributed by atoms with Crippen LogP contribution in [0.25, 0.3) is 0 Å². The molecule has 29 heavy (non-hydrogen) atoms. The summed E-state index contributed by atoms with van der Waals surface area (Å²) in [6.07, 6.45) is 1.58. The van der Waals surface area contributed by atoms with Gasteiger partial charge in [0.1, 0.15) is 11.6 Å². The number of piperazine rings is 1. The lowest BCUT2D eigenvalue weighted by atomic mass is 10.0. The van der Waals surface area contributed by atoms with Crippen LogP contribution in [0.15, 0.2) is 48.5 Å². The Morgan fingerprint density at radius 1 is 0.931 bits per heavy atom. The van der Waals surface area contributed by atoms with Gasteiger partial charge in [-0.25, -0.2) is 8.78 Å². The van der Waals surface area contributed by atoms with Crippen LogP contribution in [0.5, 0.6) is 0 Å². The van der Waals surface area contributed by atoms with Crippen molar-refractivity contribution in [3.63, 3.8) is 0 Å². The summed E-state index contributed by atoms with van der Waals surface area (Å²) in [6.45, 7) is 2.56. The van der Waals surface area contributed by atoms with E-state index >= 15 is 0 Å². The maximum Gasteiger partial charge on any atom is 0.256 e. The lowest BCUT2D eigenvalue weighted by Gasteiger charge is -2.42. The molecule has 7 heteroatoms. The number of anilines is 1. The van der Waals surface area contributed by atoms with Crippen molar-refractivity contribution in [3.8, 4) is 0 Å². The number of piperidine rings is 1. The average Bonchev–Trinajstić information content (AvgIpc) is 2.74. The summed E-state index contributed by atoms with van der Waals surface area (Å²) in [6, 6.07) is 11.8. The van der Waals surface area contributed by atoms with Gasteiger partial charge in [0.05, 0.1) is 11.6 Å². The zero-order valence-electron chi connectivity index (χ0n) is 16.1. The van der Waals surface area contributed by atoms with Gasteiger partial charge in [0.15, 0.2) is 0 Å². The molecule has 2 heterocycles. The molecule has 2 aliphatic rings. The fourth-order valence-corrected chi connectivity index (χ4v) is 4.14. The second-order valence-corrected chi connectivity index (χ2v) is 7.44. The highest BCUT2D eigenvalue weighted by molar-refractivity contribution is 5.98. The average molecular weight is 399 g/mol. The van der Waals surface area contributed by atoms with Crippen molar-refractivity contribution in [1.29, 1.82) is 0 Å². The van der Waals surface area contributed by atoms with E-state index in [2.05, 4.69) is 4.90 Å². The number of carbonyl (C=O) groups is 2. The summed E-state index contributed by atoms with van der Waals surface area (Å²) in [5.41, 5.74) is 0.653. The maximum atomic E-state index is 13.9. The van der Waals surface area contributed by atoms with E-state index in [1.165, 1.54) is 24.3 Å². The van der Waals surface area contributed by atoms with Gasteiger partial charge in [-0.05, 0) is 43.2 Å². The van der Waals surface area contributed by atoms with Crippen molar-refractivity contribution in [2.24, 2.45) is 0 Å². The number of halogens is 2. The largest absolute Gasteiger partial charge is 0.336 e. The van der Waals surface area contributed by atoms with Gasteiger partial charge in [-0.2, -0.15) is 0 Å². The summed E-state index contributed by atoms with van der Waals surface area (Å²) in [5.74, 6) is -1.24. The number of benzene rings is 2. The minimum Gasteiger partial charge on any atom is -0.336 e. The summed E-state index contributed by atoms with van der Waals surface area (Å²) in [5, 5.41) is 0. The van der Waals surface area contributed by atoms with Gasteiger partial charge >= 0.3 is 0 Å². The number of nitrogens with zero attached hydrogens (tertiary/aromatic N) is 3. The standard InChI is InChI=1S/C22H23F2N3O2/c23-16-5-3-6-17(15-16)27-10-4-9-20(22(27)29)25-11-13-26(14-12-25)21(28)18-7-1-2-8-19(18)24/h1-3,5-8,15,20H,4,9-14H2. The molecule has 0 aliphatic carbocycles. The van der Waals surface area contributed by atoms with E-state index in [4.69, 9.17) is 0 Å². The first-order valence-electron chi connectivity index (χ1n) is 9.89. The SMILES string of the molecule is O=C(c1ccccc1F)N1CCN(C2CCCN(c3cccc(F)c3)C2=O)CC1. The smallest absolute Gasteiger partial charge is 0.256 e. The molecular weight excluding hydrogens is 376 g/mol. The summed E-state index contributed by atoms with van der Waals surface area (Å²) < 4.78 is 27.5. The van der Waals surface area contributed by atoms with E-state index in [1.807, 2.05) is 0 Å². The van der Waals surface area contributed by atoms with E-state index < -0.39 is 5.82 Å². The van der Waals surface area contributed by atoms with Crippen LogP contribution >= 0.6 is 0 Å². The Hall–Kier alpha value is -2.80. The molecule has 0 saturated carbocycles. The van der Waals surface area contributed by atoms with Gasteiger partial charge in [-0.15, -0.1) is 0 Å². The lowest BCUT2D eigenvalue weighted by Crippen LogP contribution is -2.58. The molecule has 4 rings (SSSR count). The molecule has 0 aromatic heterocycles. The van der Waals surface area contributed by atoms with E-state index in [0.717, 1.165) is 12.8 Å². The molecule has 2 saturated heterocycles. The van der Waals surface area contributed by atoms with Crippen LogP contribution in [0.4, 0.5) is 14.5 Å². The third kappa shape index (κ3) is 4.00. The van der Waals surface area contributed by atoms with Crippen molar-refractivity contribution in [3.05, 3.63) is 65.7 Å². The molecule has 0 spiro atoms. The van der Waals surface area contributed by atoms with Crippen LogP contribution in [0.2, 0.25) is 0 Å². The van der Waals surface area contributed by atoms with Gasteiger partial charge in [-0.3, -0.25) is 14.5 Å². The quantitative estimate of drug-likeness (QED) is 0.797. The Kier molecular flexibility index (Phi) is 5.58. The molecule has 2 aromatic carbocycles. The van der Waals surface area contributed by atoms with Crippen molar-refractivity contribution in [2.45, 2.75) is 18.9 Å². The van der Waals surface area contributed by atoms with Crippen LogP contribution in [-0.2, 0) is 4.79 Å². The Morgan fingerprint density at radius 2 is 1.69 bits per heavy atom. The highest BCUT2D eigenvalue weighted by Gasteiger charge is 2.36. The summed E-state index contributed by atoms with van der Waals surface area (Å²) >= 11 is 0. The van der Waals surface area contributed by atoms with Crippen LogP contribution < -0.4 is 4.90 Å². The molecular formula is C22H23F2N3O2. The molecule has 2 amide bonds. The van der Waals surface area contributed by atoms with E-state index in [-0.39, 0.29) is 29.2 Å². The first kappa shape index (κ1) is 19.5. The number of rotatable bonds is 3. The van der Waals surface area contributed by atoms with Gasteiger partial charge in [0, 0.05) is 38.4 Å². The number of carbonyl (C=O) groups excluding carboxylic acids is 2. The van der Waals surface area contributed by atoms with Gasteiger partial charge in [-0.1, -0.05) is 18.2 Å². The number of hydrogen-bond acceptors (Lipinski definition) is 3. The zero-order valence-corrected chi connectivity index (χ0v) is 16.1. The molecule has 0 bridgehead atoms. The Bertz CT molecular complexity index is 912. The molecule has 2 aromatic rings. The normalized spacial score (nSPS) is 20.8. The highest BCUT2D eigenvalue weighted by atomic mass is 19.1. The zero-order chi connectivity index (χ0) is 20.4. The third-order valence-electron chi connectivity index (χ3n) is 5.68. The number of amides is 2. The second-order valence-electron chi connectivity index (χ2n) is 7.44. The summed E-state index contributed by atoms with van der Waals surface area (Å²) in [7, 11) is 0. The first-order chi connectivity index (χ1) is 14.0. The maximum absolute atomic E-state index is 13.9. The van der Waals surface area contributed by atoms with Gasteiger partial charge < -0.3 is 9.80 Å². The third-order valence-corrected chi connectivity index (χ3v) is 5.68. The molecule has 152 valence electrons. The van der Waals surface area contributed by atoms with Gasteiger partial charge in [0.2, 0.25) is 5.91 Å². The molecule has 1 atom stereocenters. The highest BCUT2D eigenvalue weighted by Crippen LogP contribution is 2.25. The Balaban J connectivity index is 1.41. The minimum atomic E-state index is -0.520. The first-order valence-corrected chi connectivity index (χ1v) is 9.89. The molecule has 1 unspecified atom stereocenters. The monoisotopic (exact) mass is 399 g/mol. The Labute approximate surface area is 168 Å². The van der Waals surface area contributed by atoms with Crippen molar-refractivity contribution in [2.75, 3.05) is 37.6 Å². The van der Waals surface area contributed by atoms with Crippen LogP contribution in [0.1, 0.15) is 23.2 Å². The molecule has 5 nitrogen and oxygen atoms in total. The molecule has 0 N–H and O–H groups in total. The topological polar surface area (TPSA) is 43.9 Å². The van der Waals surface area contributed by atoms with E-state index in [1.54, 1.807) is 34.1 Å². The lowest BCUT2D eigenvalue weighted by molar-refractivity contribution is -0.126. The predicted molar refractivity (Wildman–Crippen MR) is 106 cm³/mol. The van der Waals surface area contributed by atoms with Crippen LogP contribution in [0, 0.1) is 11.6 Å². The van der Waals surface area contributed by atoms with E-state index in [9.17, 15) is 18.4 Å². The van der Waals surface area contributed by atoms with Gasteiger partial charge in [0.25, 0.3) is 5.91 Å². The fourth-order valence-electron chi connectivity index (χ4n) is 4.14. The molecule has 0 radical (unpaired) electrons. The fraction of sp³-hybridized carbons (Fsp3) is 0.364. The van der Waals surface area contributed by atoms with Crippen molar-refractivity contribution in [1.82, 2.24) is 9.80 Å². The summed E-state index contributed by atoms with van der Waals surface area (Å²) in [4.78, 5) is 31.0. The number of hydrogen-bond donors (Lipinski definition) is 0. The van der Waals surface area contributed by atoms with Crippen LogP contribution in [-0.4, -0.2) is 60.4 Å². The predicted octanol–water partition coefficient (Wildman–Crippen LogP) is 2.92. The Morgan fingerprint density at radius 3 is 2.41 bits per heavy atom. The molecule has 2 aliphatic heterocycles. The molecule has 2 fully saturated rings. The second kappa shape index (κ2) is 8.29. The van der Waals surface area contributed by atoms with E-state index in [0.29, 0.717) is 38.4 Å². The van der Waals surface area contributed by atoms with Crippen LogP contribution in [0.3, 0.4) is 0 Å².